The van der Waals surface area contributed by atoms with Gasteiger partial charge in [0.2, 0.25) is 29.5 Å². The molecule has 1 aliphatic rings. The number of hydrogen-bond acceptors (Lipinski definition) is 8. The van der Waals surface area contributed by atoms with Gasteiger partial charge in [-0.3, -0.25) is 24.0 Å². The van der Waals surface area contributed by atoms with Crippen LogP contribution in [-0.2, 0) is 48.0 Å². The van der Waals surface area contributed by atoms with E-state index in [0.29, 0.717) is 11.1 Å². The Morgan fingerprint density at radius 3 is 1.96 bits per heavy atom. The average molecular weight is 700 g/mol. The van der Waals surface area contributed by atoms with E-state index in [1.807, 2.05) is 19.9 Å². The second-order valence-corrected chi connectivity index (χ2v) is 13.0. The normalized spacial score (nSPS) is 21.5. The Hall–Kier alpha value is -5.72. The van der Waals surface area contributed by atoms with Crippen molar-refractivity contribution in [3.05, 3.63) is 95.6 Å². The fourth-order valence-corrected chi connectivity index (χ4v) is 5.54. The van der Waals surface area contributed by atoms with Gasteiger partial charge in [0.1, 0.15) is 35.7 Å². The van der Waals surface area contributed by atoms with Crippen LogP contribution in [0.1, 0.15) is 50.3 Å². The molecule has 0 saturated carbocycles. The third-order valence-electron chi connectivity index (χ3n) is 8.25. The molecule has 0 aliphatic carbocycles. The highest BCUT2D eigenvalue weighted by Crippen LogP contribution is 2.21. The van der Waals surface area contributed by atoms with E-state index in [1.165, 1.54) is 19.1 Å². The van der Waals surface area contributed by atoms with Crippen LogP contribution in [0, 0.1) is 5.92 Å². The van der Waals surface area contributed by atoms with Gasteiger partial charge in [-0.15, -0.1) is 0 Å². The quantitative estimate of drug-likeness (QED) is 0.166. The number of fused-ring (bicyclic) bond motifs is 1. The minimum absolute atomic E-state index is 0.0143. The third-order valence-corrected chi connectivity index (χ3v) is 8.25. The van der Waals surface area contributed by atoms with Crippen LogP contribution in [0.2, 0.25) is 0 Å². The first-order chi connectivity index (χ1) is 24.4. The molecule has 0 spiro atoms. The maximum atomic E-state index is 13.8. The van der Waals surface area contributed by atoms with E-state index in [-0.39, 0.29) is 49.5 Å². The fourth-order valence-electron chi connectivity index (χ4n) is 5.54. The molecule has 3 aromatic rings. The zero-order valence-corrected chi connectivity index (χ0v) is 28.9. The van der Waals surface area contributed by atoms with Gasteiger partial charge in [0.15, 0.2) is 0 Å². The van der Waals surface area contributed by atoms with Gasteiger partial charge < -0.3 is 36.4 Å². The van der Waals surface area contributed by atoms with Gasteiger partial charge >= 0.3 is 5.97 Å². The van der Waals surface area contributed by atoms with Gasteiger partial charge in [-0.25, -0.2) is 4.79 Å². The predicted molar refractivity (Wildman–Crippen MR) is 188 cm³/mol. The van der Waals surface area contributed by atoms with Crippen LogP contribution in [0.5, 0.6) is 11.5 Å². The van der Waals surface area contributed by atoms with Crippen molar-refractivity contribution in [2.24, 2.45) is 5.92 Å². The van der Waals surface area contributed by atoms with Crippen LogP contribution in [0.4, 0.5) is 0 Å². The largest absolute Gasteiger partial charge is 0.508 e. The molecule has 13 heteroatoms. The molecule has 4 atom stereocenters. The van der Waals surface area contributed by atoms with Crippen molar-refractivity contribution in [1.82, 2.24) is 26.6 Å². The van der Waals surface area contributed by atoms with E-state index in [9.17, 15) is 33.9 Å². The molecule has 0 aromatic heterocycles. The van der Waals surface area contributed by atoms with Crippen LogP contribution >= 0.6 is 0 Å². The number of aromatic hydroxyl groups is 1. The lowest BCUT2D eigenvalue weighted by atomic mass is 10.0. The average Bonchev–Trinajstić information content (AvgIpc) is 3.10. The van der Waals surface area contributed by atoms with E-state index in [1.54, 1.807) is 60.7 Å². The molecule has 3 aromatic carbocycles. The number of carbonyl (C=O) groups is 6. The molecular formula is C38H45N5O8. The molecule has 13 nitrogen and oxygen atoms in total. The molecule has 0 bridgehead atoms. The minimum Gasteiger partial charge on any atom is -0.508 e. The number of hydrogen-bond donors (Lipinski definition) is 6. The first-order valence-corrected chi connectivity index (χ1v) is 17.0. The molecule has 1 aliphatic heterocycles. The highest BCUT2D eigenvalue weighted by molar-refractivity contribution is 5.95. The van der Waals surface area contributed by atoms with Crippen LogP contribution < -0.4 is 31.3 Å². The highest BCUT2D eigenvalue weighted by Gasteiger charge is 2.31. The summed E-state index contributed by atoms with van der Waals surface area (Å²) < 4.78 is 5.82. The molecule has 5 amide bonds. The van der Waals surface area contributed by atoms with E-state index in [0.717, 1.165) is 5.56 Å². The lowest BCUT2D eigenvalue weighted by Crippen LogP contribution is -2.57. The maximum absolute atomic E-state index is 13.8. The lowest BCUT2D eigenvalue weighted by molar-refractivity contribution is -0.140. The molecule has 51 heavy (non-hydrogen) atoms. The first kappa shape index (κ1) is 38.1. The summed E-state index contributed by atoms with van der Waals surface area (Å²) in [6.07, 6.45) is 0.512. The van der Waals surface area contributed by atoms with E-state index in [2.05, 4.69) is 26.6 Å². The number of aryl methyl sites for hydroxylation is 1. The Labute approximate surface area is 296 Å². The summed E-state index contributed by atoms with van der Waals surface area (Å²) in [5.41, 5.74) is 1.96. The van der Waals surface area contributed by atoms with Gasteiger partial charge in [-0.05, 0) is 60.6 Å². The number of ether oxygens (including phenoxy) is 1. The van der Waals surface area contributed by atoms with Crippen molar-refractivity contribution < 1.29 is 38.6 Å². The van der Waals surface area contributed by atoms with Crippen molar-refractivity contribution >= 4 is 35.5 Å². The highest BCUT2D eigenvalue weighted by atomic mass is 16.5. The first-order valence-electron chi connectivity index (χ1n) is 17.0. The SMILES string of the molecule is CC(C)C[C@H]1NC(=O)[C@H](Cc2ccccc2)NC(=O)[C@@H](C)NC(=O)CNC(=O)[C@H](Cc2ccc(O)cc2)NC(=O)CCc2ccccc2OC1=O. The molecule has 1 heterocycles. The Bertz CT molecular complexity index is 1700. The summed E-state index contributed by atoms with van der Waals surface area (Å²) in [5.74, 6) is -3.53. The van der Waals surface area contributed by atoms with Crippen molar-refractivity contribution in [2.75, 3.05) is 6.54 Å². The maximum Gasteiger partial charge on any atom is 0.334 e. The Kier molecular flexibility index (Phi) is 13.7. The molecular weight excluding hydrogens is 654 g/mol. The smallest absolute Gasteiger partial charge is 0.334 e. The third kappa shape index (κ3) is 12.0. The van der Waals surface area contributed by atoms with Crippen molar-refractivity contribution in [1.29, 1.82) is 0 Å². The van der Waals surface area contributed by atoms with Crippen molar-refractivity contribution in [2.45, 2.75) is 77.0 Å². The summed E-state index contributed by atoms with van der Waals surface area (Å²) >= 11 is 0. The standard InChI is InChI=1S/C38H45N5O8/c1-23(2)19-31-38(50)51-32-12-8-7-11-27(32)15-18-33(45)41-29(21-26-13-16-28(44)17-14-26)36(48)39-22-34(46)40-24(3)35(47)42-30(37(49)43-31)20-25-9-5-4-6-10-25/h4-14,16-17,23-24,29-31,44H,15,18-22H2,1-3H3,(H,39,48)(H,40,46)(H,41,45)(H,42,47)(H,43,49)/t24-,29+,30+,31-/m1/s1. The molecule has 6 N–H and O–H groups in total. The monoisotopic (exact) mass is 699 g/mol. The zero-order valence-electron chi connectivity index (χ0n) is 28.9. The molecule has 0 radical (unpaired) electrons. The number of esters is 1. The van der Waals surface area contributed by atoms with Crippen molar-refractivity contribution in [3.63, 3.8) is 0 Å². The second kappa shape index (κ2) is 18.3. The summed E-state index contributed by atoms with van der Waals surface area (Å²) in [6, 6.07) is 17.6. The van der Waals surface area contributed by atoms with Crippen LogP contribution in [0.3, 0.4) is 0 Å². The van der Waals surface area contributed by atoms with Gasteiger partial charge in [0, 0.05) is 19.3 Å². The van der Waals surface area contributed by atoms with Gasteiger partial charge in [-0.1, -0.05) is 74.5 Å². The summed E-state index contributed by atoms with van der Waals surface area (Å²) in [6.45, 7) is 4.74. The second-order valence-electron chi connectivity index (χ2n) is 13.0. The van der Waals surface area contributed by atoms with Gasteiger partial charge in [0.25, 0.3) is 0 Å². The number of phenols is 1. The number of amides is 5. The summed E-state index contributed by atoms with van der Waals surface area (Å²) in [5, 5.41) is 22.9. The fraction of sp³-hybridized carbons (Fsp3) is 0.368. The molecule has 0 fully saturated rings. The van der Waals surface area contributed by atoms with Crippen LogP contribution in [0.15, 0.2) is 78.9 Å². The number of carbonyl (C=O) groups excluding carboxylic acids is 6. The summed E-state index contributed by atoms with van der Waals surface area (Å²) in [7, 11) is 0. The van der Waals surface area contributed by atoms with Crippen molar-refractivity contribution in [3.8, 4) is 11.5 Å². The Morgan fingerprint density at radius 1 is 0.667 bits per heavy atom. The van der Waals surface area contributed by atoms with E-state index >= 15 is 0 Å². The van der Waals surface area contributed by atoms with E-state index < -0.39 is 66.2 Å². The van der Waals surface area contributed by atoms with Crippen LogP contribution in [-0.4, -0.2) is 71.3 Å². The number of phenolic OH excluding ortho intramolecular Hbond substituents is 1. The number of benzene rings is 3. The van der Waals surface area contributed by atoms with E-state index in [4.69, 9.17) is 4.74 Å². The minimum atomic E-state index is -1.11. The lowest BCUT2D eigenvalue weighted by Gasteiger charge is -2.25. The predicted octanol–water partition coefficient (Wildman–Crippen LogP) is 1.85. The Morgan fingerprint density at radius 2 is 1.27 bits per heavy atom. The topological polar surface area (TPSA) is 192 Å². The number of para-hydroxylation sites is 1. The zero-order chi connectivity index (χ0) is 36.9. The molecule has 270 valence electrons. The number of nitrogens with one attached hydrogen (secondary N) is 5. The summed E-state index contributed by atoms with van der Waals surface area (Å²) in [4.78, 5) is 80.0. The molecule has 4 rings (SSSR count). The van der Waals surface area contributed by atoms with Crippen LogP contribution in [0.25, 0.3) is 0 Å². The number of rotatable bonds is 6. The molecule has 0 saturated heterocycles. The van der Waals surface area contributed by atoms with Gasteiger partial charge in [0.05, 0.1) is 6.54 Å². The Balaban J connectivity index is 1.64. The van der Waals surface area contributed by atoms with Gasteiger partial charge in [-0.2, -0.15) is 0 Å². The molecule has 0 unspecified atom stereocenters.